The molecule has 0 atom stereocenters. The summed E-state index contributed by atoms with van der Waals surface area (Å²) in [5.41, 5.74) is 1.28. The van der Waals surface area contributed by atoms with Crippen molar-refractivity contribution >= 4 is 11.3 Å². The van der Waals surface area contributed by atoms with E-state index < -0.39 is 0 Å². The molecule has 0 unspecified atom stereocenters. The second-order valence-electron chi connectivity index (χ2n) is 5.11. The Morgan fingerprint density at radius 1 is 1.37 bits per heavy atom. The maximum absolute atomic E-state index is 5.67. The highest BCUT2D eigenvalue weighted by atomic mass is 32.1. The number of hydrogen-bond donors (Lipinski definition) is 1. The number of hydrogen-bond acceptors (Lipinski definition) is 4. The van der Waals surface area contributed by atoms with E-state index in [4.69, 9.17) is 4.42 Å². The molecule has 3 rings (SSSR count). The third-order valence-electron chi connectivity index (χ3n) is 3.55. The second kappa shape index (κ2) is 5.90. The van der Waals surface area contributed by atoms with Crippen molar-refractivity contribution < 1.29 is 4.42 Å². The van der Waals surface area contributed by atoms with Crippen molar-refractivity contribution in [2.45, 2.75) is 38.5 Å². The van der Waals surface area contributed by atoms with Gasteiger partial charge in [0, 0.05) is 29.6 Å². The number of furan rings is 1. The summed E-state index contributed by atoms with van der Waals surface area (Å²) in [6, 6.07) is 7.16. The normalized spacial score (nSPS) is 15.3. The van der Waals surface area contributed by atoms with Crippen LogP contribution in [0.25, 0.3) is 0 Å². The van der Waals surface area contributed by atoms with Gasteiger partial charge in [-0.1, -0.05) is 6.07 Å². The second-order valence-corrected chi connectivity index (χ2v) is 6.15. The first kappa shape index (κ1) is 12.9. The molecule has 0 saturated heterocycles. The lowest BCUT2D eigenvalue weighted by molar-refractivity contribution is 0.226. The Kier molecular flexibility index (Phi) is 4.01. The number of nitrogens with zero attached hydrogens (tertiary/aromatic N) is 1. The van der Waals surface area contributed by atoms with Crippen LogP contribution in [0, 0.1) is 0 Å². The van der Waals surface area contributed by atoms with E-state index in [-0.39, 0.29) is 0 Å². The predicted octanol–water partition coefficient (Wildman–Crippen LogP) is 3.23. The minimum Gasteiger partial charge on any atom is -0.468 e. The molecule has 1 fully saturated rings. The first-order valence-electron chi connectivity index (χ1n) is 6.83. The molecule has 1 aliphatic carbocycles. The van der Waals surface area contributed by atoms with Gasteiger partial charge in [-0.05, 0) is 37.4 Å². The average molecular weight is 276 g/mol. The average Bonchev–Trinajstić information content (AvgIpc) is 2.96. The van der Waals surface area contributed by atoms with Crippen LogP contribution in [0.15, 0.2) is 34.3 Å². The Bertz CT molecular complexity index is 502. The molecule has 2 aromatic rings. The third-order valence-corrected chi connectivity index (χ3v) is 4.42. The molecule has 0 radical (unpaired) electrons. The molecular formula is C15H20N2OS. The van der Waals surface area contributed by atoms with E-state index in [1.807, 2.05) is 18.4 Å². The van der Waals surface area contributed by atoms with Crippen molar-refractivity contribution in [3.05, 3.63) is 46.0 Å². The van der Waals surface area contributed by atoms with Gasteiger partial charge in [0.15, 0.2) is 0 Å². The highest BCUT2D eigenvalue weighted by molar-refractivity contribution is 7.09. The van der Waals surface area contributed by atoms with E-state index in [0.717, 1.165) is 31.4 Å². The van der Waals surface area contributed by atoms with Crippen molar-refractivity contribution in [3.63, 3.8) is 0 Å². The van der Waals surface area contributed by atoms with Crippen LogP contribution >= 0.6 is 11.3 Å². The largest absolute Gasteiger partial charge is 0.468 e. The SMILES string of the molecule is CNCc1ccoc1CN(Cc1cccs1)C1CC1. The van der Waals surface area contributed by atoms with E-state index in [1.165, 1.54) is 23.3 Å². The minimum atomic E-state index is 0.745. The number of nitrogens with one attached hydrogen (secondary N) is 1. The molecule has 1 N–H and O–H groups in total. The highest BCUT2D eigenvalue weighted by Gasteiger charge is 2.30. The Labute approximate surface area is 118 Å². The topological polar surface area (TPSA) is 28.4 Å². The summed E-state index contributed by atoms with van der Waals surface area (Å²) in [5.74, 6) is 1.11. The molecule has 3 nitrogen and oxygen atoms in total. The van der Waals surface area contributed by atoms with Gasteiger partial charge >= 0.3 is 0 Å². The molecule has 0 bridgehead atoms. The predicted molar refractivity (Wildman–Crippen MR) is 78.1 cm³/mol. The van der Waals surface area contributed by atoms with Crippen LogP contribution in [0.2, 0.25) is 0 Å². The monoisotopic (exact) mass is 276 g/mol. The van der Waals surface area contributed by atoms with E-state index >= 15 is 0 Å². The van der Waals surface area contributed by atoms with E-state index in [9.17, 15) is 0 Å². The Balaban J connectivity index is 1.69. The molecule has 2 aromatic heterocycles. The van der Waals surface area contributed by atoms with Crippen molar-refractivity contribution in [1.82, 2.24) is 10.2 Å². The van der Waals surface area contributed by atoms with Crippen molar-refractivity contribution in [2.24, 2.45) is 0 Å². The Morgan fingerprint density at radius 3 is 2.95 bits per heavy atom. The van der Waals surface area contributed by atoms with Gasteiger partial charge in [-0.2, -0.15) is 0 Å². The first-order valence-corrected chi connectivity index (χ1v) is 7.71. The fourth-order valence-electron chi connectivity index (χ4n) is 2.39. The zero-order chi connectivity index (χ0) is 13.1. The fraction of sp³-hybridized carbons (Fsp3) is 0.467. The van der Waals surface area contributed by atoms with Gasteiger partial charge in [-0.3, -0.25) is 4.90 Å². The van der Waals surface area contributed by atoms with Gasteiger partial charge in [0.25, 0.3) is 0 Å². The summed E-state index contributed by atoms with van der Waals surface area (Å²) in [5, 5.41) is 5.35. The van der Waals surface area contributed by atoms with E-state index in [2.05, 4.69) is 33.8 Å². The van der Waals surface area contributed by atoms with Crippen LogP contribution < -0.4 is 5.32 Å². The fourth-order valence-corrected chi connectivity index (χ4v) is 3.12. The lowest BCUT2D eigenvalue weighted by Crippen LogP contribution is -2.25. The standard InChI is InChI=1S/C15H20N2OS/c1-16-9-12-6-7-18-15(12)11-17(13-4-5-13)10-14-3-2-8-19-14/h2-3,6-8,13,16H,4-5,9-11H2,1H3. The van der Waals surface area contributed by atoms with E-state index in [0.29, 0.717) is 0 Å². The summed E-state index contributed by atoms with van der Waals surface area (Å²) < 4.78 is 5.67. The molecule has 19 heavy (non-hydrogen) atoms. The van der Waals surface area contributed by atoms with Crippen molar-refractivity contribution in [3.8, 4) is 0 Å². The van der Waals surface area contributed by atoms with Crippen molar-refractivity contribution in [2.75, 3.05) is 7.05 Å². The summed E-state index contributed by atoms with van der Waals surface area (Å²) in [6.07, 6.45) is 4.46. The maximum Gasteiger partial charge on any atom is 0.122 e. The number of thiophene rings is 1. The highest BCUT2D eigenvalue weighted by Crippen LogP contribution is 2.31. The quantitative estimate of drug-likeness (QED) is 0.841. The molecular weight excluding hydrogens is 256 g/mol. The maximum atomic E-state index is 5.67. The molecule has 102 valence electrons. The summed E-state index contributed by atoms with van der Waals surface area (Å²) in [4.78, 5) is 3.98. The number of rotatable bonds is 7. The first-order chi connectivity index (χ1) is 9.36. The molecule has 4 heteroatoms. The summed E-state index contributed by atoms with van der Waals surface area (Å²) >= 11 is 1.84. The molecule has 0 amide bonds. The summed E-state index contributed by atoms with van der Waals surface area (Å²) in [6.45, 7) is 2.85. The molecule has 1 saturated carbocycles. The minimum absolute atomic E-state index is 0.745. The molecule has 2 heterocycles. The zero-order valence-electron chi connectivity index (χ0n) is 11.3. The van der Waals surface area contributed by atoms with Gasteiger partial charge in [-0.25, -0.2) is 0 Å². The van der Waals surface area contributed by atoms with Crippen LogP contribution in [0.4, 0.5) is 0 Å². The Hall–Kier alpha value is -1.10. The van der Waals surface area contributed by atoms with E-state index in [1.54, 1.807) is 6.26 Å². The zero-order valence-corrected chi connectivity index (χ0v) is 12.1. The molecule has 1 aliphatic rings. The van der Waals surface area contributed by atoms with Gasteiger partial charge < -0.3 is 9.73 Å². The van der Waals surface area contributed by atoms with Crippen molar-refractivity contribution in [1.29, 1.82) is 0 Å². The lowest BCUT2D eigenvalue weighted by atomic mass is 10.2. The summed E-state index contributed by atoms with van der Waals surface area (Å²) in [7, 11) is 1.97. The molecule has 0 aliphatic heterocycles. The van der Waals surface area contributed by atoms with Gasteiger partial charge in [-0.15, -0.1) is 11.3 Å². The van der Waals surface area contributed by atoms with Gasteiger partial charge in [0.2, 0.25) is 0 Å². The molecule has 0 spiro atoms. The molecule has 0 aromatic carbocycles. The van der Waals surface area contributed by atoms with Crippen LogP contribution in [-0.2, 0) is 19.6 Å². The van der Waals surface area contributed by atoms with Gasteiger partial charge in [0.1, 0.15) is 5.76 Å². The van der Waals surface area contributed by atoms with Crippen LogP contribution in [0.3, 0.4) is 0 Å². The van der Waals surface area contributed by atoms with Gasteiger partial charge in [0.05, 0.1) is 12.8 Å². The third kappa shape index (κ3) is 3.26. The smallest absolute Gasteiger partial charge is 0.122 e. The van der Waals surface area contributed by atoms with Crippen LogP contribution in [0.5, 0.6) is 0 Å². The Morgan fingerprint density at radius 2 is 2.26 bits per heavy atom. The van der Waals surface area contributed by atoms with Crippen LogP contribution in [0.1, 0.15) is 29.0 Å². The lowest BCUT2D eigenvalue weighted by Gasteiger charge is -2.20. The van der Waals surface area contributed by atoms with Crippen LogP contribution in [-0.4, -0.2) is 18.0 Å².